The molecule has 0 amide bonds. The normalized spacial score (nSPS) is 11.9. The molecule has 0 unspecified atom stereocenters. The van der Waals surface area contributed by atoms with Crippen molar-refractivity contribution >= 4 is 5.69 Å². The lowest BCUT2D eigenvalue weighted by molar-refractivity contribution is 0.186. The Kier molecular flexibility index (Phi) is 4.64. The van der Waals surface area contributed by atoms with Gasteiger partial charge in [-0.25, -0.2) is 4.39 Å². The van der Waals surface area contributed by atoms with E-state index in [1.807, 2.05) is 36.4 Å². The third-order valence-corrected chi connectivity index (χ3v) is 3.64. The van der Waals surface area contributed by atoms with Gasteiger partial charge >= 0.3 is 0 Å². The number of hydrogen-bond acceptors (Lipinski definition) is 3. The number of aromatic nitrogens is 1. The first-order valence-corrected chi connectivity index (χ1v) is 7.41. The summed E-state index contributed by atoms with van der Waals surface area (Å²) in [6, 6.07) is 18.0. The van der Waals surface area contributed by atoms with Crippen LogP contribution in [-0.4, -0.2) is 16.6 Å². The molecule has 0 aliphatic rings. The van der Waals surface area contributed by atoms with Gasteiger partial charge in [0.25, 0.3) is 0 Å². The Morgan fingerprint density at radius 1 is 0.957 bits per heavy atom. The minimum absolute atomic E-state index is 0.237. The van der Waals surface area contributed by atoms with Gasteiger partial charge in [-0.3, -0.25) is 4.98 Å². The van der Waals surface area contributed by atoms with Gasteiger partial charge in [0, 0.05) is 30.2 Å². The van der Waals surface area contributed by atoms with Crippen molar-refractivity contribution in [2.24, 2.45) is 0 Å². The van der Waals surface area contributed by atoms with E-state index >= 15 is 0 Å². The van der Waals surface area contributed by atoms with Crippen molar-refractivity contribution < 1.29 is 9.50 Å². The van der Waals surface area contributed by atoms with Crippen LogP contribution in [-0.2, 0) is 0 Å². The zero-order chi connectivity index (χ0) is 16.1. The number of rotatable bonds is 5. The molecule has 0 saturated heterocycles. The van der Waals surface area contributed by atoms with Crippen molar-refractivity contribution in [1.82, 2.24) is 4.98 Å². The molecular formula is C19H17FN2O. The molecule has 3 aromatic rings. The first-order valence-electron chi connectivity index (χ1n) is 7.41. The van der Waals surface area contributed by atoms with E-state index in [4.69, 9.17) is 0 Å². The molecule has 4 heteroatoms. The van der Waals surface area contributed by atoms with Crippen LogP contribution in [0, 0.1) is 5.82 Å². The molecule has 1 atom stereocenters. The first-order chi connectivity index (χ1) is 11.2. The third kappa shape index (κ3) is 3.73. The van der Waals surface area contributed by atoms with Gasteiger partial charge in [0.05, 0.1) is 6.10 Å². The molecule has 0 radical (unpaired) electrons. The van der Waals surface area contributed by atoms with E-state index in [0.29, 0.717) is 5.56 Å². The molecule has 0 fully saturated rings. The van der Waals surface area contributed by atoms with Gasteiger partial charge in [-0.05, 0) is 41.5 Å². The Morgan fingerprint density at radius 2 is 1.74 bits per heavy atom. The molecule has 2 N–H and O–H groups in total. The third-order valence-electron chi connectivity index (χ3n) is 3.64. The van der Waals surface area contributed by atoms with Crippen LogP contribution >= 0.6 is 0 Å². The summed E-state index contributed by atoms with van der Waals surface area (Å²) in [6.45, 7) is 0.237. The Balaban J connectivity index is 1.71. The monoisotopic (exact) mass is 308 g/mol. The smallest absolute Gasteiger partial charge is 0.129 e. The fourth-order valence-corrected chi connectivity index (χ4v) is 2.42. The maximum Gasteiger partial charge on any atom is 0.129 e. The summed E-state index contributed by atoms with van der Waals surface area (Å²) in [5.41, 5.74) is 3.29. The van der Waals surface area contributed by atoms with Crippen molar-refractivity contribution in [1.29, 1.82) is 0 Å². The Bertz CT molecular complexity index is 777. The van der Waals surface area contributed by atoms with Gasteiger partial charge in [0.15, 0.2) is 0 Å². The average Bonchev–Trinajstić information content (AvgIpc) is 2.61. The van der Waals surface area contributed by atoms with E-state index < -0.39 is 11.9 Å². The molecule has 2 aromatic carbocycles. The van der Waals surface area contributed by atoms with E-state index in [1.165, 1.54) is 6.07 Å². The van der Waals surface area contributed by atoms with Crippen molar-refractivity contribution in [3.05, 3.63) is 84.4 Å². The van der Waals surface area contributed by atoms with Crippen molar-refractivity contribution in [2.75, 3.05) is 11.9 Å². The summed E-state index contributed by atoms with van der Waals surface area (Å²) >= 11 is 0. The average molecular weight is 308 g/mol. The number of anilines is 1. The number of pyridine rings is 1. The molecule has 0 bridgehead atoms. The van der Waals surface area contributed by atoms with E-state index in [0.717, 1.165) is 16.8 Å². The second-order valence-corrected chi connectivity index (χ2v) is 5.23. The fraction of sp³-hybridized carbons (Fsp3) is 0.105. The van der Waals surface area contributed by atoms with Crippen LogP contribution in [0.3, 0.4) is 0 Å². The van der Waals surface area contributed by atoms with Crippen LogP contribution in [0.1, 0.15) is 11.7 Å². The molecule has 0 aliphatic heterocycles. The predicted molar refractivity (Wildman–Crippen MR) is 89.5 cm³/mol. The van der Waals surface area contributed by atoms with Crippen LogP contribution in [0.25, 0.3) is 11.1 Å². The van der Waals surface area contributed by atoms with E-state index in [2.05, 4.69) is 10.3 Å². The summed E-state index contributed by atoms with van der Waals surface area (Å²) in [6.07, 6.45) is 2.59. The van der Waals surface area contributed by atoms with Gasteiger partial charge in [-0.1, -0.05) is 30.3 Å². The second-order valence-electron chi connectivity index (χ2n) is 5.23. The largest absolute Gasteiger partial charge is 0.386 e. The number of nitrogens with zero attached hydrogens (tertiary/aromatic N) is 1. The molecule has 3 rings (SSSR count). The molecule has 0 saturated carbocycles. The summed E-state index contributed by atoms with van der Waals surface area (Å²) in [7, 11) is 0. The van der Waals surface area contributed by atoms with Gasteiger partial charge in [0.1, 0.15) is 5.82 Å². The first kappa shape index (κ1) is 15.2. The molecule has 23 heavy (non-hydrogen) atoms. The van der Waals surface area contributed by atoms with Gasteiger partial charge in [-0.15, -0.1) is 0 Å². The standard InChI is InChI=1S/C19H17FN2O/c20-18-7-2-1-6-17(18)19(23)13-22-16-5-3-4-15(12-16)14-8-10-21-11-9-14/h1-12,19,22-23H,13H2/t19-/m0/s1. The van der Waals surface area contributed by atoms with Crippen molar-refractivity contribution in [3.63, 3.8) is 0 Å². The molecule has 3 nitrogen and oxygen atoms in total. The highest BCUT2D eigenvalue weighted by Crippen LogP contribution is 2.23. The number of halogens is 1. The van der Waals surface area contributed by atoms with Crippen LogP contribution < -0.4 is 5.32 Å². The zero-order valence-electron chi connectivity index (χ0n) is 12.5. The van der Waals surface area contributed by atoms with Crippen molar-refractivity contribution in [2.45, 2.75) is 6.10 Å². The fourth-order valence-electron chi connectivity index (χ4n) is 2.42. The highest BCUT2D eigenvalue weighted by atomic mass is 19.1. The lowest BCUT2D eigenvalue weighted by Gasteiger charge is -2.14. The maximum atomic E-state index is 13.7. The van der Waals surface area contributed by atoms with E-state index in [1.54, 1.807) is 30.6 Å². The van der Waals surface area contributed by atoms with Crippen molar-refractivity contribution in [3.8, 4) is 11.1 Å². The number of benzene rings is 2. The Labute approximate surface area is 134 Å². The lowest BCUT2D eigenvalue weighted by atomic mass is 10.1. The van der Waals surface area contributed by atoms with Crippen LogP contribution in [0.4, 0.5) is 10.1 Å². The molecular weight excluding hydrogens is 291 g/mol. The number of aliphatic hydroxyl groups is 1. The minimum Gasteiger partial charge on any atom is -0.386 e. The summed E-state index contributed by atoms with van der Waals surface area (Å²) < 4.78 is 13.7. The van der Waals surface area contributed by atoms with E-state index in [9.17, 15) is 9.50 Å². The van der Waals surface area contributed by atoms with Gasteiger partial charge in [0.2, 0.25) is 0 Å². The highest BCUT2D eigenvalue weighted by molar-refractivity contribution is 5.67. The molecule has 1 aromatic heterocycles. The quantitative estimate of drug-likeness (QED) is 0.748. The molecule has 116 valence electrons. The maximum absolute atomic E-state index is 13.7. The van der Waals surface area contributed by atoms with Gasteiger partial charge in [-0.2, -0.15) is 0 Å². The molecule has 0 spiro atoms. The Hall–Kier alpha value is -2.72. The SMILES string of the molecule is O[C@@H](CNc1cccc(-c2ccncc2)c1)c1ccccc1F. The van der Waals surface area contributed by atoms with Crippen LogP contribution in [0.15, 0.2) is 73.1 Å². The molecule has 0 aliphatic carbocycles. The Morgan fingerprint density at radius 3 is 2.52 bits per heavy atom. The number of nitrogens with one attached hydrogen (secondary N) is 1. The number of aliphatic hydroxyl groups excluding tert-OH is 1. The topological polar surface area (TPSA) is 45.1 Å². The number of hydrogen-bond donors (Lipinski definition) is 2. The molecule has 1 heterocycles. The minimum atomic E-state index is -0.902. The lowest BCUT2D eigenvalue weighted by Crippen LogP contribution is -2.13. The highest BCUT2D eigenvalue weighted by Gasteiger charge is 2.11. The summed E-state index contributed by atoms with van der Waals surface area (Å²) in [5, 5.41) is 13.3. The van der Waals surface area contributed by atoms with E-state index in [-0.39, 0.29) is 6.54 Å². The summed E-state index contributed by atoms with van der Waals surface area (Å²) in [4.78, 5) is 4.01. The predicted octanol–water partition coefficient (Wildman–Crippen LogP) is 4.03. The zero-order valence-corrected chi connectivity index (χ0v) is 12.5. The second kappa shape index (κ2) is 7.03. The van der Waals surface area contributed by atoms with Crippen LogP contribution in [0.5, 0.6) is 0 Å². The van der Waals surface area contributed by atoms with Crippen LogP contribution in [0.2, 0.25) is 0 Å². The summed E-state index contributed by atoms with van der Waals surface area (Å²) in [5.74, 6) is -0.396. The van der Waals surface area contributed by atoms with Gasteiger partial charge < -0.3 is 10.4 Å².